The average molecular weight is 264 g/mol. The van der Waals surface area contributed by atoms with E-state index in [0.717, 1.165) is 24.3 Å². The van der Waals surface area contributed by atoms with E-state index in [9.17, 15) is 10.1 Å². The molecule has 0 unspecified atom stereocenters. The number of rotatable bonds is 3. The lowest BCUT2D eigenvalue weighted by molar-refractivity contribution is -0.385. The summed E-state index contributed by atoms with van der Waals surface area (Å²) in [4.78, 5) is 14.0. The number of nitriles is 1. The first-order valence-corrected chi connectivity index (χ1v) is 6.75. The van der Waals surface area contributed by atoms with E-state index < -0.39 is 4.92 Å². The number of thioether (sulfide) groups is 1. The predicted molar refractivity (Wildman–Crippen MR) is 69.6 cm³/mol. The molecule has 1 aliphatic rings. The highest BCUT2D eigenvalue weighted by atomic mass is 32.2. The Morgan fingerprint density at radius 1 is 1.56 bits per heavy atom. The minimum Gasteiger partial charge on any atom is -0.366 e. The highest BCUT2D eigenvalue weighted by Gasteiger charge is 2.17. The fourth-order valence-corrected chi connectivity index (χ4v) is 2.90. The third kappa shape index (κ3) is 2.90. The third-order valence-electron chi connectivity index (χ3n) is 2.77. The Morgan fingerprint density at radius 3 is 2.89 bits per heavy atom. The molecule has 1 aromatic rings. The zero-order valence-electron chi connectivity index (χ0n) is 9.63. The summed E-state index contributed by atoms with van der Waals surface area (Å²) in [5.74, 6) is 2.62. The average Bonchev–Trinajstić information content (AvgIpc) is 2.40. The number of anilines is 1. The molecule has 0 amide bonds. The van der Waals surface area contributed by atoms with Gasteiger partial charge in [-0.25, -0.2) is 4.98 Å². The lowest BCUT2D eigenvalue weighted by Crippen LogP contribution is -2.25. The minimum absolute atomic E-state index is 0.156. The standard InChI is InChI=1S/C11H12N4O2S/c12-6-8-5-10(15(16)17)7-13-11(8)14-9-1-3-18-4-2-9/h5,7,9H,1-4H2,(H,13,14). The SMILES string of the molecule is N#Cc1cc([N+](=O)[O-])cnc1NC1CCSCC1. The van der Waals surface area contributed by atoms with Gasteiger partial charge >= 0.3 is 0 Å². The van der Waals surface area contributed by atoms with Crippen LogP contribution in [0.15, 0.2) is 12.3 Å². The molecule has 18 heavy (non-hydrogen) atoms. The van der Waals surface area contributed by atoms with Gasteiger partial charge in [0.25, 0.3) is 5.69 Å². The maximum Gasteiger partial charge on any atom is 0.289 e. The number of nitrogens with one attached hydrogen (secondary N) is 1. The Kier molecular flexibility index (Phi) is 3.99. The van der Waals surface area contributed by atoms with E-state index in [1.807, 2.05) is 17.8 Å². The lowest BCUT2D eigenvalue weighted by Gasteiger charge is -2.23. The molecule has 0 saturated carbocycles. The van der Waals surface area contributed by atoms with Crippen LogP contribution in [0, 0.1) is 21.4 Å². The molecule has 0 aliphatic carbocycles. The molecule has 2 heterocycles. The summed E-state index contributed by atoms with van der Waals surface area (Å²) in [6.07, 6.45) is 3.23. The summed E-state index contributed by atoms with van der Waals surface area (Å²) in [5.41, 5.74) is 0.0683. The zero-order valence-corrected chi connectivity index (χ0v) is 10.4. The third-order valence-corrected chi connectivity index (χ3v) is 3.82. The van der Waals surface area contributed by atoms with E-state index in [1.165, 1.54) is 12.3 Å². The molecule has 1 aliphatic heterocycles. The summed E-state index contributed by atoms with van der Waals surface area (Å²) in [5, 5.41) is 22.8. The summed E-state index contributed by atoms with van der Waals surface area (Å²) in [6.45, 7) is 0. The zero-order chi connectivity index (χ0) is 13.0. The molecule has 1 aromatic heterocycles. The number of pyridine rings is 1. The van der Waals surface area contributed by atoms with Crippen LogP contribution in [0.5, 0.6) is 0 Å². The highest BCUT2D eigenvalue weighted by Crippen LogP contribution is 2.23. The van der Waals surface area contributed by atoms with Crippen molar-refractivity contribution in [3.8, 4) is 6.07 Å². The second-order valence-corrected chi connectivity index (χ2v) is 5.21. The minimum atomic E-state index is -0.547. The van der Waals surface area contributed by atoms with Crippen LogP contribution in [0.1, 0.15) is 18.4 Å². The van der Waals surface area contributed by atoms with Gasteiger partial charge in [0.05, 0.1) is 4.92 Å². The highest BCUT2D eigenvalue weighted by molar-refractivity contribution is 7.99. The van der Waals surface area contributed by atoms with Crippen molar-refractivity contribution in [1.82, 2.24) is 4.98 Å². The fraction of sp³-hybridized carbons (Fsp3) is 0.455. The second-order valence-electron chi connectivity index (χ2n) is 3.99. The van der Waals surface area contributed by atoms with Crippen molar-refractivity contribution >= 4 is 23.3 Å². The van der Waals surface area contributed by atoms with Gasteiger partial charge in [-0.05, 0) is 24.3 Å². The molecule has 0 spiro atoms. The van der Waals surface area contributed by atoms with Crippen molar-refractivity contribution in [3.63, 3.8) is 0 Å². The number of hydrogen-bond acceptors (Lipinski definition) is 6. The van der Waals surface area contributed by atoms with E-state index in [2.05, 4.69) is 10.3 Å². The molecule has 1 saturated heterocycles. The van der Waals surface area contributed by atoms with E-state index in [4.69, 9.17) is 5.26 Å². The Hall–Kier alpha value is -1.81. The van der Waals surface area contributed by atoms with Crippen molar-refractivity contribution in [2.75, 3.05) is 16.8 Å². The molecule has 0 aromatic carbocycles. The first-order chi connectivity index (χ1) is 8.70. The molecule has 0 bridgehead atoms. The maximum absolute atomic E-state index is 10.6. The van der Waals surface area contributed by atoms with Gasteiger partial charge in [-0.15, -0.1) is 0 Å². The molecule has 0 atom stereocenters. The van der Waals surface area contributed by atoms with Crippen molar-refractivity contribution in [2.24, 2.45) is 0 Å². The monoisotopic (exact) mass is 264 g/mol. The molecule has 7 heteroatoms. The van der Waals surface area contributed by atoms with Crippen LogP contribution >= 0.6 is 11.8 Å². The van der Waals surface area contributed by atoms with Crippen LogP contribution in [0.25, 0.3) is 0 Å². The van der Waals surface area contributed by atoms with E-state index in [0.29, 0.717) is 11.9 Å². The number of nitro groups is 1. The van der Waals surface area contributed by atoms with Gasteiger partial charge in [0, 0.05) is 12.1 Å². The van der Waals surface area contributed by atoms with Gasteiger partial charge < -0.3 is 5.32 Å². The van der Waals surface area contributed by atoms with Crippen molar-refractivity contribution < 1.29 is 4.92 Å². The molecular weight excluding hydrogens is 252 g/mol. The molecule has 94 valence electrons. The van der Waals surface area contributed by atoms with Gasteiger partial charge in [0.2, 0.25) is 0 Å². The Labute approximate surface area is 109 Å². The maximum atomic E-state index is 10.6. The van der Waals surface area contributed by atoms with Crippen LogP contribution in [0.2, 0.25) is 0 Å². The Balaban J connectivity index is 2.17. The van der Waals surface area contributed by atoms with Gasteiger partial charge in [0.15, 0.2) is 0 Å². The number of aromatic nitrogens is 1. The first kappa shape index (κ1) is 12.6. The summed E-state index contributed by atoms with van der Waals surface area (Å²) >= 11 is 1.91. The van der Waals surface area contributed by atoms with Crippen molar-refractivity contribution in [2.45, 2.75) is 18.9 Å². The van der Waals surface area contributed by atoms with Crippen LogP contribution in [0.3, 0.4) is 0 Å². The molecule has 0 radical (unpaired) electrons. The Bertz CT molecular complexity index is 494. The smallest absolute Gasteiger partial charge is 0.289 e. The van der Waals surface area contributed by atoms with E-state index in [-0.39, 0.29) is 11.3 Å². The quantitative estimate of drug-likeness (QED) is 0.664. The van der Waals surface area contributed by atoms with Gasteiger partial charge in [-0.1, -0.05) is 0 Å². The lowest BCUT2D eigenvalue weighted by atomic mass is 10.1. The van der Waals surface area contributed by atoms with Crippen molar-refractivity contribution in [1.29, 1.82) is 5.26 Å². The second kappa shape index (κ2) is 5.69. The molecule has 2 rings (SSSR count). The summed E-state index contributed by atoms with van der Waals surface area (Å²) < 4.78 is 0. The molecule has 1 N–H and O–H groups in total. The normalized spacial score (nSPS) is 15.9. The van der Waals surface area contributed by atoms with Gasteiger partial charge in [0.1, 0.15) is 23.6 Å². The molecule has 6 nitrogen and oxygen atoms in total. The number of nitrogens with zero attached hydrogens (tertiary/aromatic N) is 3. The molecular formula is C11H12N4O2S. The van der Waals surface area contributed by atoms with Crippen LogP contribution < -0.4 is 5.32 Å². The Morgan fingerprint density at radius 2 is 2.28 bits per heavy atom. The van der Waals surface area contributed by atoms with Crippen molar-refractivity contribution in [3.05, 3.63) is 27.9 Å². The summed E-state index contributed by atoms with van der Waals surface area (Å²) in [7, 11) is 0. The van der Waals surface area contributed by atoms with E-state index >= 15 is 0 Å². The van der Waals surface area contributed by atoms with Crippen LogP contribution in [0.4, 0.5) is 11.5 Å². The first-order valence-electron chi connectivity index (χ1n) is 5.59. The topological polar surface area (TPSA) is 91.8 Å². The molecule has 1 fully saturated rings. The predicted octanol–water partition coefficient (Wildman–Crippen LogP) is 2.17. The van der Waals surface area contributed by atoms with E-state index in [1.54, 1.807) is 0 Å². The van der Waals surface area contributed by atoms with Crippen LogP contribution in [-0.4, -0.2) is 27.5 Å². The fourth-order valence-electron chi connectivity index (χ4n) is 1.79. The number of hydrogen-bond donors (Lipinski definition) is 1. The summed E-state index contributed by atoms with van der Waals surface area (Å²) in [6, 6.07) is 3.50. The van der Waals surface area contributed by atoms with Gasteiger partial charge in [-0.2, -0.15) is 17.0 Å². The van der Waals surface area contributed by atoms with Crippen LogP contribution in [-0.2, 0) is 0 Å². The largest absolute Gasteiger partial charge is 0.366 e. The van der Waals surface area contributed by atoms with Gasteiger partial charge in [-0.3, -0.25) is 10.1 Å².